The van der Waals surface area contributed by atoms with Crippen molar-refractivity contribution < 1.29 is 4.42 Å². The van der Waals surface area contributed by atoms with E-state index in [0.717, 1.165) is 23.9 Å². The zero-order chi connectivity index (χ0) is 9.26. The normalized spacial score (nSPS) is 18.3. The molecule has 1 saturated heterocycles. The number of nitrogens with zero attached hydrogens (tertiary/aromatic N) is 2. The van der Waals surface area contributed by atoms with E-state index in [9.17, 15) is 0 Å². The number of hydrogen-bond acceptors (Lipinski definition) is 3. The van der Waals surface area contributed by atoms with Crippen LogP contribution in [0, 0.1) is 13.8 Å². The molecular weight excluding hydrogens is 164 g/mol. The molecule has 72 valence electrons. The Balaban J connectivity index is 2.00. The maximum absolute atomic E-state index is 5.52. The van der Waals surface area contributed by atoms with Crippen molar-refractivity contribution in [2.45, 2.75) is 33.2 Å². The summed E-state index contributed by atoms with van der Waals surface area (Å²) >= 11 is 0. The third kappa shape index (κ3) is 1.91. The minimum atomic E-state index is 0.872. The van der Waals surface area contributed by atoms with E-state index in [2.05, 4.69) is 9.88 Å². The fourth-order valence-corrected chi connectivity index (χ4v) is 1.74. The predicted octanol–water partition coefficient (Wildman–Crippen LogP) is 1.89. The van der Waals surface area contributed by atoms with Gasteiger partial charge in [-0.2, -0.15) is 0 Å². The van der Waals surface area contributed by atoms with Crippen molar-refractivity contribution >= 4 is 0 Å². The summed E-state index contributed by atoms with van der Waals surface area (Å²) in [6.45, 7) is 7.23. The van der Waals surface area contributed by atoms with Crippen molar-refractivity contribution in [2.24, 2.45) is 0 Å². The third-order valence-electron chi connectivity index (χ3n) is 2.63. The van der Waals surface area contributed by atoms with Crippen molar-refractivity contribution in [3.05, 3.63) is 17.3 Å². The van der Waals surface area contributed by atoms with Gasteiger partial charge in [0.15, 0.2) is 0 Å². The molecule has 0 aliphatic carbocycles. The third-order valence-corrected chi connectivity index (χ3v) is 2.63. The number of aromatic nitrogens is 1. The highest BCUT2D eigenvalue weighted by Gasteiger charge is 2.14. The van der Waals surface area contributed by atoms with E-state index in [1.54, 1.807) is 0 Å². The van der Waals surface area contributed by atoms with Crippen LogP contribution in [0.3, 0.4) is 0 Å². The Bertz CT molecular complexity index is 268. The van der Waals surface area contributed by atoms with Gasteiger partial charge in [0.2, 0.25) is 5.89 Å². The van der Waals surface area contributed by atoms with Crippen LogP contribution in [0.2, 0.25) is 0 Å². The fourth-order valence-electron chi connectivity index (χ4n) is 1.74. The average Bonchev–Trinajstić information content (AvgIpc) is 2.64. The summed E-state index contributed by atoms with van der Waals surface area (Å²) in [5.74, 6) is 1.83. The lowest BCUT2D eigenvalue weighted by Gasteiger charge is -2.10. The second-order valence-corrected chi connectivity index (χ2v) is 3.73. The summed E-state index contributed by atoms with van der Waals surface area (Å²) in [7, 11) is 0. The van der Waals surface area contributed by atoms with E-state index in [-0.39, 0.29) is 0 Å². The molecule has 0 saturated carbocycles. The van der Waals surface area contributed by atoms with Gasteiger partial charge >= 0.3 is 0 Å². The molecule has 0 aromatic carbocycles. The van der Waals surface area contributed by atoms with Gasteiger partial charge in [0, 0.05) is 0 Å². The Kier molecular flexibility index (Phi) is 2.36. The van der Waals surface area contributed by atoms with E-state index in [1.165, 1.54) is 25.9 Å². The van der Waals surface area contributed by atoms with Gasteiger partial charge in [-0.3, -0.25) is 4.90 Å². The summed E-state index contributed by atoms with van der Waals surface area (Å²) in [6.07, 6.45) is 2.64. The number of hydrogen-bond donors (Lipinski definition) is 0. The van der Waals surface area contributed by atoms with Crippen molar-refractivity contribution in [3.63, 3.8) is 0 Å². The minimum Gasteiger partial charge on any atom is -0.444 e. The predicted molar refractivity (Wildman–Crippen MR) is 50.5 cm³/mol. The molecule has 0 N–H and O–H groups in total. The highest BCUT2D eigenvalue weighted by molar-refractivity contribution is 5.05. The number of likely N-dealkylation sites (tertiary alicyclic amines) is 1. The Hall–Kier alpha value is -0.830. The SMILES string of the molecule is Cc1nc(CN2CCCC2)oc1C. The standard InChI is InChI=1S/C10H16N2O/c1-8-9(2)13-10(11-8)7-12-5-3-4-6-12/h3-7H2,1-2H3. The van der Waals surface area contributed by atoms with Gasteiger partial charge in [0.05, 0.1) is 12.2 Å². The first-order chi connectivity index (χ1) is 6.25. The van der Waals surface area contributed by atoms with Crippen molar-refractivity contribution in [1.29, 1.82) is 0 Å². The van der Waals surface area contributed by atoms with E-state index >= 15 is 0 Å². The molecule has 1 aliphatic rings. The monoisotopic (exact) mass is 180 g/mol. The summed E-state index contributed by atoms with van der Waals surface area (Å²) in [5, 5.41) is 0. The molecule has 0 amide bonds. The lowest BCUT2D eigenvalue weighted by molar-refractivity contribution is 0.288. The topological polar surface area (TPSA) is 29.3 Å². The maximum Gasteiger partial charge on any atom is 0.208 e. The average molecular weight is 180 g/mol. The van der Waals surface area contributed by atoms with E-state index < -0.39 is 0 Å². The first-order valence-corrected chi connectivity index (χ1v) is 4.91. The largest absolute Gasteiger partial charge is 0.444 e. The van der Waals surface area contributed by atoms with Crippen LogP contribution in [0.25, 0.3) is 0 Å². The number of rotatable bonds is 2. The van der Waals surface area contributed by atoms with Crippen LogP contribution in [0.5, 0.6) is 0 Å². The van der Waals surface area contributed by atoms with Gasteiger partial charge in [0.25, 0.3) is 0 Å². The molecule has 1 aliphatic heterocycles. The molecule has 13 heavy (non-hydrogen) atoms. The molecule has 1 fully saturated rings. The van der Waals surface area contributed by atoms with Gasteiger partial charge in [-0.05, 0) is 39.8 Å². The van der Waals surface area contributed by atoms with Crippen molar-refractivity contribution in [2.75, 3.05) is 13.1 Å². The van der Waals surface area contributed by atoms with Crippen LogP contribution >= 0.6 is 0 Å². The molecule has 0 spiro atoms. The van der Waals surface area contributed by atoms with Gasteiger partial charge in [0.1, 0.15) is 5.76 Å². The lowest BCUT2D eigenvalue weighted by Crippen LogP contribution is -2.18. The van der Waals surface area contributed by atoms with E-state index in [0.29, 0.717) is 0 Å². The molecule has 3 heteroatoms. The molecule has 1 aromatic heterocycles. The lowest BCUT2D eigenvalue weighted by atomic mass is 10.4. The van der Waals surface area contributed by atoms with Crippen LogP contribution < -0.4 is 0 Å². The number of aryl methyl sites for hydroxylation is 2. The van der Waals surface area contributed by atoms with E-state index in [1.807, 2.05) is 13.8 Å². The molecule has 2 heterocycles. The molecule has 3 nitrogen and oxygen atoms in total. The highest BCUT2D eigenvalue weighted by Crippen LogP contribution is 2.14. The molecule has 2 rings (SSSR count). The Morgan fingerprint density at radius 1 is 1.31 bits per heavy atom. The highest BCUT2D eigenvalue weighted by atomic mass is 16.4. The minimum absolute atomic E-state index is 0.872. The van der Waals surface area contributed by atoms with Gasteiger partial charge in [-0.15, -0.1) is 0 Å². The molecule has 0 unspecified atom stereocenters. The van der Waals surface area contributed by atoms with Crippen molar-refractivity contribution in [3.8, 4) is 0 Å². The van der Waals surface area contributed by atoms with Crippen molar-refractivity contribution in [1.82, 2.24) is 9.88 Å². The summed E-state index contributed by atoms with van der Waals surface area (Å²) in [6, 6.07) is 0. The van der Waals surface area contributed by atoms with Gasteiger partial charge < -0.3 is 4.42 Å². The van der Waals surface area contributed by atoms with Crippen LogP contribution in [-0.2, 0) is 6.54 Å². The summed E-state index contributed by atoms with van der Waals surface area (Å²) in [4.78, 5) is 6.76. The summed E-state index contributed by atoms with van der Waals surface area (Å²) < 4.78 is 5.52. The molecular formula is C10H16N2O. The van der Waals surface area contributed by atoms with Crippen LogP contribution in [0.1, 0.15) is 30.2 Å². The molecule has 0 atom stereocenters. The maximum atomic E-state index is 5.52. The zero-order valence-corrected chi connectivity index (χ0v) is 8.34. The Labute approximate surface area is 78.8 Å². The Morgan fingerprint density at radius 3 is 2.54 bits per heavy atom. The second kappa shape index (κ2) is 3.50. The summed E-state index contributed by atoms with van der Waals surface area (Å²) in [5.41, 5.74) is 1.02. The first-order valence-electron chi connectivity index (χ1n) is 4.91. The zero-order valence-electron chi connectivity index (χ0n) is 8.34. The Morgan fingerprint density at radius 2 is 2.00 bits per heavy atom. The molecule has 1 aromatic rings. The van der Waals surface area contributed by atoms with Crippen LogP contribution in [-0.4, -0.2) is 23.0 Å². The van der Waals surface area contributed by atoms with Gasteiger partial charge in [-0.1, -0.05) is 0 Å². The number of oxazole rings is 1. The first kappa shape index (κ1) is 8.75. The quantitative estimate of drug-likeness (QED) is 0.696. The molecule has 0 radical (unpaired) electrons. The smallest absolute Gasteiger partial charge is 0.208 e. The van der Waals surface area contributed by atoms with E-state index in [4.69, 9.17) is 4.42 Å². The van der Waals surface area contributed by atoms with Crippen LogP contribution in [0.4, 0.5) is 0 Å². The second-order valence-electron chi connectivity index (χ2n) is 3.73. The fraction of sp³-hybridized carbons (Fsp3) is 0.700. The van der Waals surface area contributed by atoms with Gasteiger partial charge in [-0.25, -0.2) is 4.98 Å². The molecule has 0 bridgehead atoms. The van der Waals surface area contributed by atoms with Crippen LogP contribution in [0.15, 0.2) is 4.42 Å².